The number of carbonyl (C=O) groups excluding carboxylic acids is 2. The van der Waals surface area contributed by atoms with Gasteiger partial charge in [0.15, 0.2) is 0 Å². The van der Waals surface area contributed by atoms with Gasteiger partial charge < -0.3 is 14.6 Å². The second-order valence-corrected chi connectivity index (χ2v) is 6.71. The molecule has 5 heteroatoms. The topological polar surface area (TPSA) is 62.4 Å². The molecular weight excluding hydrogens is 316 g/mol. The molecule has 25 heavy (non-hydrogen) atoms. The van der Waals surface area contributed by atoms with Gasteiger partial charge in [-0.2, -0.15) is 0 Å². The Bertz CT molecular complexity index is 765. The van der Waals surface area contributed by atoms with Crippen molar-refractivity contribution in [3.8, 4) is 0 Å². The van der Waals surface area contributed by atoms with Crippen LogP contribution in [0.25, 0.3) is 0 Å². The zero-order chi connectivity index (χ0) is 18.0. The van der Waals surface area contributed by atoms with Crippen molar-refractivity contribution in [2.45, 2.75) is 39.7 Å². The number of aromatic amines is 1. The third kappa shape index (κ3) is 3.31. The van der Waals surface area contributed by atoms with Crippen LogP contribution in [0.3, 0.4) is 0 Å². The summed E-state index contributed by atoms with van der Waals surface area (Å²) in [6.07, 6.45) is 2.31. The Labute approximate surface area is 148 Å². The lowest BCUT2D eigenvalue weighted by molar-refractivity contribution is -0.119. The van der Waals surface area contributed by atoms with Crippen LogP contribution in [0.1, 0.15) is 54.7 Å². The summed E-state index contributed by atoms with van der Waals surface area (Å²) in [5, 5.41) is 0. The lowest BCUT2D eigenvalue weighted by atomic mass is 9.83. The third-order valence-electron chi connectivity index (χ3n) is 4.72. The highest BCUT2D eigenvalue weighted by molar-refractivity contribution is 6.04. The largest absolute Gasteiger partial charge is 0.461 e. The predicted molar refractivity (Wildman–Crippen MR) is 96.6 cm³/mol. The van der Waals surface area contributed by atoms with Gasteiger partial charge in [-0.1, -0.05) is 44.2 Å². The van der Waals surface area contributed by atoms with E-state index in [1.165, 1.54) is 0 Å². The van der Waals surface area contributed by atoms with E-state index in [2.05, 4.69) is 18.8 Å². The second-order valence-electron chi connectivity index (χ2n) is 6.71. The van der Waals surface area contributed by atoms with Gasteiger partial charge in [0.2, 0.25) is 5.91 Å². The van der Waals surface area contributed by atoms with Gasteiger partial charge in [0.1, 0.15) is 5.69 Å². The summed E-state index contributed by atoms with van der Waals surface area (Å²) >= 11 is 0. The minimum atomic E-state index is -0.418. The number of nitrogens with zero attached hydrogens (tertiary/aromatic N) is 1. The van der Waals surface area contributed by atoms with Crippen LogP contribution in [0.4, 0.5) is 5.69 Å². The van der Waals surface area contributed by atoms with E-state index < -0.39 is 5.97 Å². The van der Waals surface area contributed by atoms with Crippen LogP contribution in [0.15, 0.2) is 36.5 Å². The van der Waals surface area contributed by atoms with Gasteiger partial charge in [-0.15, -0.1) is 0 Å². The zero-order valence-electron chi connectivity index (χ0n) is 14.9. The number of amides is 1. The number of hydrogen-bond acceptors (Lipinski definition) is 3. The molecular formula is C20H24N2O3. The fourth-order valence-corrected chi connectivity index (χ4v) is 3.42. The molecule has 1 aliphatic heterocycles. The molecule has 1 N–H and O–H groups in total. The fraction of sp³-hybridized carbons (Fsp3) is 0.400. The summed E-state index contributed by atoms with van der Waals surface area (Å²) in [5.74, 6) is 0.0422. The number of hydrogen-bond donors (Lipinski definition) is 1. The third-order valence-corrected chi connectivity index (χ3v) is 4.72. The first-order valence-corrected chi connectivity index (χ1v) is 8.75. The van der Waals surface area contributed by atoms with Gasteiger partial charge in [-0.3, -0.25) is 4.79 Å². The number of anilines is 1. The second kappa shape index (κ2) is 7.13. The molecule has 0 unspecified atom stereocenters. The molecule has 0 radical (unpaired) electrons. The molecule has 2 aromatic rings. The van der Waals surface area contributed by atoms with E-state index in [9.17, 15) is 9.59 Å². The molecule has 5 nitrogen and oxygen atoms in total. The van der Waals surface area contributed by atoms with Gasteiger partial charge in [-0.05, 0) is 29.9 Å². The van der Waals surface area contributed by atoms with Crippen LogP contribution in [0, 0.1) is 5.92 Å². The summed E-state index contributed by atoms with van der Waals surface area (Å²) in [5.41, 5.74) is 3.10. The Morgan fingerprint density at radius 1 is 1.32 bits per heavy atom. The van der Waals surface area contributed by atoms with E-state index in [1.807, 2.05) is 36.5 Å². The highest BCUT2D eigenvalue weighted by Crippen LogP contribution is 2.42. The van der Waals surface area contributed by atoms with Crippen LogP contribution in [-0.2, 0) is 16.1 Å². The van der Waals surface area contributed by atoms with Crippen molar-refractivity contribution in [1.29, 1.82) is 0 Å². The molecule has 132 valence electrons. The molecule has 0 bridgehead atoms. The number of benzene rings is 1. The zero-order valence-corrected chi connectivity index (χ0v) is 14.9. The number of H-pyrrole nitrogens is 1. The molecule has 0 spiro atoms. The monoisotopic (exact) mass is 340 g/mol. The van der Waals surface area contributed by atoms with Crippen molar-refractivity contribution in [1.82, 2.24) is 4.98 Å². The van der Waals surface area contributed by atoms with E-state index in [0.29, 0.717) is 36.9 Å². The predicted octanol–water partition coefficient (Wildman–Crippen LogP) is 3.87. The smallest absolute Gasteiger partial charge is 0.356 e. The molecule has 1 aromatic heterocycles. The number of carbonyl (C=O) groups is 2. The molecule has 1 atom stereocenters. The average Bonchev–Trinajstić information content (AvgIpc) is 3.03. The quantitative estimate of drug-likeness (QED) is 0.841. The first-order chi connectivity index (χ1) is 12.0. The summed E-state index contributed by atoms with van der Waals surface area (Å²) < 4.78 is 5.17. The van der Waals surface area contributed by atoms with Crippen LogP contribution < -0.4 is 4.90 Å². The maximum atomic E-state index is 12.9. The maximum Gasteiger partial charge on any atom is 0.356 e. The van der Waals surface area contributed by atoms with Crippen molar-refractivity contribution in [2.24, 2.45) is 5.92 Å². The number of ether oxygens (including phenoxy) is 1. The molecule has 0 aliphatic carbocycles. The Balaban J connectivity index is 2.05. The molecule has 1 aromatic carbocycles. The first kappa shape index (κ1) is 17.3. The number of nitrogens with one attached hydrogen (secondary N) is 1. The summed E-state index contributed by atoms with van der Waals surface area (Å²) in [6.45, 7) is 6.73. The lowest BCUT2D eigenvalue weighted by Crippen LogP contribution is -2.37. The normalized spacial score (nSPS) is 16.9. The standard InChI is InChI=1S/C20H24N2O3/c1-4-25-20(24)18-19-16(11-21-18)15(13(2)3)10-17(23)22(19)12-14-8-6-5-7-9-14/h5-9,11,13,15,21H,4,10,12H2,1-3H3/t15-/m1/s1. The minimum Gasteiger partial charge on any atom is -0.461 e. The van der Waals surface area contributed by atoms with Gasteiger partial charge in [0.05, 0.1) is 18.8 Å². The van der Waals surface area contributed by atoms with Crippen molar-refractivity contribution in [2.75, 3.05) is 11.5 Å². The molecule has 1 aliphatic rings. The van der Waals surface area contributed by atoms with Crippen LogP contribution >= 0.6 is 0 Å². The van der Waals surface area contributed by atoms with E-state index in [0.717, 1.165) is 11.1 Å². The summed E-state index contributed by atoms with van der Waals surface area (Å²) in [4.78, 5) is 30.0. The highest BCUT2D eigenvalue weighted by Gasteiger charge is 2.37. The molecule has 3 rings (SSSR count). The molecule has 0 saturated heterocycles. The Kier molecular flexibility index (Phi) is 4.93. The van der Waals surface area contributed by atoms with E-state index >= 15 is 0 Å². The summed E-state index contributed by atoms with van der Waals surface area (Å²) in [6, 6.07) is 9.81. The average molecular weight is 340 g/mol. The maximum absolute atomic E-state index is 12.9. The van der Waals surface area contributed by atoms with E-state index in [-0.39, 0.29) is 11.8 Å². The Morgan fingerprint density at radius 2 is 2.04 bits per heavy atom. The van der Waals surface area contributed by atoms with Crippen LogP contribution in [0.2, 0.25) is 0 Å². The number of aromatic nitrogens is 1. The number of rotatable bonds is 5. The van der Waals surface area contributed by atoms with Crippen molar-refractivity contribution >= 4 is 17.6 Å². The van der Waals surface area contributed by atoms with Crippen molar-refractivity contribution in [3.63, 3.8) is 0 Å². The van der Waals surface area contributed by atoms with Gasteiger partial charge in [0, 0.05) is 12.6 Å². The Hall–Kier alpha value is -2.56. The fourth-order valence-electron chi connectivity index (χ4n) is 3.42. The molecule has 2 heterocycles. The number of fused-ring (bicyclic) bond motifs is 1. The SMILES string of the molecule is CCOC(=O)c1[nH]cc2c1N(Cc1ccccc1)C(=O)C[C@@H]2C(C)C. The van der Waals surface area contributed by atoms with Crippen LogP contribution in [0.5, 0.6) is 0 Å². The van der Waals surface area contributed by atoms with Gasteiger partial charge >= 0.3 is 5.97 Å². The van der Waals surface area contributed by atoms with Crippen molar-refractivity contribution in [3.05, 3.63) is 53.3 Å². The van der Waals surface area contributed by atoms with E-state index in [4.69, 9.17) is 4.74 Å². The van der Waals surface area contributed by atoms with Crippen molar-refractivity contribution < 1.29 is 14.3 Å². The van der Waals surface area contributed by atoms with Crippen LogP contribution in [-0.4, -0.2) is 23.5 Å². The van der Waals surface area contributed by atoms with Gasteiger partial charge in [-0.25, -0.2) is 4.79 Å². The molecule has 1 amide bonds. The number of esters is 1. The molecule has 0 fully saturated rings. The summed E-state index contributed by atoms with van der Waals surface area (Å²) in [7, 11) is 0. The minimum absolute atomic E-state index is 0.0419. The van der Waals surface area contributed by atoms with Gasteiger partial charge in [0.25, 0.3) is 0 Å². The highest BCUT2D eigenvalue weighted by atomic mass is 16.5. The van der Waals surface area contributed by atoms with E-state index in [1.54, 1.807) is 11.8 Å². The Morgan fingerprint density at radius 3 is 2.68 bits per heavy atom. The molecule has 0 saturated carbocycles. The lowest BCUT2D eigenvalue weighted by Gasteiger charge is -2.34. The first-order valence-electron chi connectivity index (χ1n) is 8.75.